The molecule has 27 heavy (non-hydrogen) atoms. The lowest BCUT2D eigenvalue weighted by atomic mass is 10.2. The van der Waals surface area contributed by atoms with Gasteiger partial charge < -0.3 is 20.3 Å². The van der Waals surface area contributed by atoms with Crippen molar-refractivity contribution in [2.75, 3.05) is 44.9 Å². The number of likely N-dealkylation sites (N-methyl/N-ethyl adjacent to an activating group) is 1. The van der Waals surface area contributed by atoms with E-state index in [0.29, 0.717) is 0 Å². The third-order valence-electron chi connectivity index (χ3n) is 3.32. The molecule has 2 amide bonds. The molecular formula is C15H22N4O7S. The number of carbonyl (C=O) groups is 2. The zero-order valence-electron chi connectivity index (χ0n) is 15.2. The number of rotatable bonds is 9. The number of amides is 2. The number of nitrogens with one attached hydrogen (secondary N) is 2. The highest BCUT2D eigenvalue weighted by Gasteiger charge is 2.18. The van der Waals surface area contributed by atoms with E-state index in [1.165, 1.54) is 19.2 Å². The summed E-state index contributed by atoms with van der Waals surface area (Å²) in [7, 11) is -2.15. The van der Waals surface area contributed by atoms with Crippen molar-refractivity contribution in [3.8, 4) is 0 Å². The molecule has 0 aromatic heterocycles. The van der Waals surface area contributed by atoms with Gasteiger partial charge in [0.05, 0.1) is 16.4 Å². The number of sulfone groups is 1. The number of nitro benzene ring substituents is 1. The van der Waals surface area contributed by atoms with Crippen molar-refractivity contribution in [2.24, 2.45) is 0 Å². The monoisotopic (exact) mass is 402 g/mol. The Balaban J connectivity index is 2.58. The van der Waals surface area contributed by atoms with Crippen molar-refractivity contribution in [3.63, 3.8) is 0 Å². The molecular weight excluding hydrogens is 380 g/mol. The first-order valence-electron chi connectivity index (χ1n) is 7.93. The van der Waals surface area contributed by atoms with Gasteiger partial charge in [-0.3, -0.25) is 14.9 Å². The molecule has 0 saturated carbocycles. The number of benzene rings is 1. The van der Waals surface area contributed by atoms with Crippen molar-refractivity contribution in [1.82, 2.24) is 10.2 Å². The van der Waals surface area contributed by atoms with Crippen LogP contribution in [-0.4, -0.2) is 69.8 Å². The Bertz CT molecular complexity index is 810. The molecule has 150 valence electrons. The van der Waals surface area contributed by atoms with Crippen molar-refractivity contribution in [1.29, 1.82) is 0 Å². The van der Waals surface area contributed by atoms with Crippen LogP contribution in [0.4, 0.5) is 16.2 Å². The molecule has 1 aromatic rings. The first-order chi connectivity index (χ1) is 12.6. The number of nitrogens with zero attached hydrogens (tertiary/aromatic N) is 2. The molecule has 0 aliphatic rings. The minimum absolute atomic E-state index is 0.130. The van der Waals surface area contributed by atoms with Crippen LogP contribution < -0.4 is 10.6 Å². The largest absolute Gasteiger partial charge is 0.450 e. The normalized spacial score (nSPS) is 10.8. The zero-order chi connectivity index (χ0) is 20.6. The average molecular weight is 402 g/mol. The Kier molecular flexibility index (Phi) is 7.97. The zero-order valence-corrected chi connectivity index (χ0v) is 16.0. The molecule has 0 bridgehead atoms. The first kappa shape index (κ1) is 22.2. The minimum Gasteiger partial charge on any atom is -0.450 e. The van der Waals surface area contributed by atoms with Crippen LogP contribution in [0.25, 0.3) is 0 Å². The molecule has 12 heteroatoms. The third-order valence-corrected chi connectivity index (χ3v) is 4.43. The summed E-state index contributed by atoms with van der Waals surface area (Å²) in [5.41, 5.74) is -0.253. The second-order valence-corrected chi connectivity index (χ2v) is 7.56. The van der Waals surface area contributed by atoms with Crippen molar-refractivity contribution < 1.29 is 27.7 Å². The molecule has 0 atom stereocenters. The molecule has 1 aromatic carbocycles. The van der Waals surface area contributed by atoms with Crippen molar-refractivity contribution in [2.45, 2.75) is 11.8 Å². The Labute approximate surface area is 156 Å². The van der Waals surface area contributed by atoms with Gasteiger partial charge in [0.15, 0.2) is 9.84 Å². The number of carbonyl (C=O) groups excluding carboxylic acids is 2. The Morgan fingerprint density at radius 3 is 2.52 bits per heavy atom. The SMILES string of the molecule is CCOC(=O)N(C)CC(=O)NCCNc1ccc(S(C)(=O)=O)cc1[N+](=O)[O-]. The van der Waals surface area contributed by atoms with Crippen LogP contribution in [0, 0.1) is 10.1 Å². The maximum Gasteiger partial charge on any atom is 0.409 e. The van der Waals surface area contributed by atoms with Gasteiger partial charge in [-0.15, -0.1) is 0 Å². The van der Waals surface area contributed by atoms with E-state index in [2.05, 4.69) is 10.6 Å². The minimum atomic E-state index is -3.57. The van der Waals surface area contributed by atoms with E-state index in [-0.39, 0.29) is 42.5 Å². The number of hydrogen-bond acceptors (Lipinski definition) is 8. The second-order valence-electron chi connectivity index (χ2n) is 5.54. The molecule has 0 spiro atoms. The van der Waals surface area contributed by atoms with Gasteiger partial charge in [-0.1, -0.05) is 0 Å². The molecule has 11 nitrogen and oxygen atoms in total. The van der Waals surface area contributed by atoms with E-state index in [1.54, 1.807) is 6.92 Å². The lowest BCUT2D eigenvalue weighted by Crippen LogP contribution is -2.40. The van der Waals surface area contributed by atoms with Crippen LogP contribution in [0.3, 0.4) is 0 Å². The van der Waals surface area contributed by atoms with Crippen molar-refractivity contribution in [3.05, 3.63) is 28.3 Å². The smallest absolute Gasteiger partial charge is 0.409 e. The molecule has 0 aliphatic heterocycles. The van der Waals surface area contributed by atoms with E-state index in [1.807, 2.05) is 0 Å². The lowest BCUT2D eigenvalue weighted by Gasteiger charge is -2.16. The molecule has 1 rings (SSSR count). The molecule has 0 saturated heterocycles. The van der Waals surface area contributed by atoms with E-state index >= 15 is 0 Å². The second kappa shape index (κ2) is 9.71. The van der Waals surface area contributed by atoms with Gasteiger partial charge in [0, 0.05) is 32.5 Å². The van der Waals surface area contributed by atoms with Gasteiger partial charge in [-0.25, -0.2) is 13.2 Å². The van der Waals surface area contributed by atoms with Crippen LogP contribution in [-0.2, 0) is 19.4 Å². The Morgan fingerprint density at radius 1 is 1.30 bits per heavy atom. The van der Waals surface area contributed by atoms with E-state index in [9.17, 15) is 28.1 Å². The third kappa shape index (κ3) is 7.09. The van der Waals surface area contributed by atoms with E-state index < -0.39 is 26.8 Å². The summed E-state index contributed by atoms with van der Waals surface area (Å²) in [4.78, 5) is 34.5. The maximum atomic E-state index is 11.7. The maximum absolute atomic E-state index is 11.7. The number of anilines is 1. The van der Waals surface area contributed by atoms with Crippen LogP contribution in [0.5, 0.6) is 0 Å². The topological polar surface area (TPSA) is 148 Å². The molecule has 2 N–H and O–H groups in total. The Morgan fingerprint density at radius 2 is 1.96 bits per heavy atom. The van der Waals surface area contributed by atoms with Gasteiger partial charge in [-0.05, 0) is 19.1 Å². The standard InChI is InChI=1S/C15H22N4O7S/c1-4-26-15(21)18(2)10-14(20)17-8-7-16-12-6-5-11(27(3,24)25)9-13(12)19(22)23/h5-6,9,16H,4,7-8,10H2,1-3H3,(H,17,20). The lowest BCUT2D eigenvalue weighted by molar-refractivity contribution is -0.384. The summed E-state index contributed by atoms with van der Waals surface area (Å²) in [5, 5.41) is 16.4. The molecule has 0 radical (unpaired) electrons. The summed E-state index contributed by atoms with van der Waals surface area (Å²) in [6.45, 7) is 1.96. The highest BCUT2D eigenvalue weighted by atomic mass is 32.2. The first-order valence-corrected chi connectivity index (χ1v) is 9.82. The fourth-order valence-electron chi connectivity index (χ4n) is 2.01. The summed E-state index contributed by atoms with van der Waals surface area (Å²) in [6, 6.07) is 3.53. The fraction of sp³-hybridized carbons (Fsp3) is 0.467. The van der Waals surface area contributed by atoms with Crippen LogP contribution >= 0.6 is 0 Å². The highest BCUT2D eigenvalue weighted by Crippen LogP contribution is 2.27. The number of nitro groups is 1. The number of hydrogen-bond donors (Lipinski definition) is 2. The van der Waals surface area contributed by atoms with Gasteiger partial charge in [0.1, 0.15) is 12.2 Å². The highest BCUT2D eigenvalue weighted by molar-refractivity contribution is 7.90. The van der Waals surface area contributed by atoms with Gasteiger partial charge in [-0.2, -0.15) is 0 Å². The molecule has 0 heterocycles. The summed E-state index contributed by atoms with van der Waals surface area (Å²) < 4.78 is 27.8. The van der Waals surface area contributed by atoms with Crippen molar-refractivity contribution >= 4 is 33.2 Å². The van der Waals surface area contributed by atoms with Crippen LogP contribution in [0.2, 0.25) is 0 Å². The van der Waals surface area contributed by atoms with Crippen LogP contribution in [0.1, 0.15) is 6.92 Å². The predicted octanol–water partition coefficient (Wildman–Crippen LogP) is 0.615. The van der Waals surface area contributed by atoms with E-state index in [0.717, 1.165) is 17.2 Å². The molecule has 0 fully saturated rings. The molecule has 0 aliphatic carbocycles. The quantitative estimate of drug-likeness (QED) is 0.347. The predicted molar refractivity (Wildman–Crippen MR) is 97.4 cm³/mol. The summed E-state index contributed by atoms with van der Waals surface area (Å²) in [6.07, 6.45) is 0.342. The average Bonchev–Trinajstić information content (AvgIpc) is 2.57. The molecule has 0 unspecified atom stereocenters. The Hall–Kier alpha value is -2.89. The number of ether oxygens (including phenoxy) is 1. The van der Waals surface area contributed by atoms with Crippen LogP contribution in [0.15, 0.2) is 23.1 Å². The van der Waals surface area contributed by atoms with Gasteiger partial charge in [0.25, 0.3) is 5.69 Å². The van der Waals surface area contributed by atoms with Gasteiger partial charge in [0.2, 0.25) is 5.91 Å². The fourth-order valence-corrected chi connectivity index (χ4v) is 2.65. The summed E-state index contributed by atoms with van der Waals surface area (Å²) in [5.74, 6) is -0.422. The van der Waals surface area contributed by atoms with Gasteiger partial charge >= 0.3 is 6.09 Å². The summed E-state index contributed by atoms with van der Waals surface area (Å²) >= 11 is 0. The van der Waals surface area contributed by atoms with E-state index in [4.69, 9.17) is 4.74 Å².